The summed E-state index contributed by atoms with van der Waals surface area (Å²) in [5, 5.41) is 3.44. The fourth-order valence-corrected chi connectivity index (χ4v) is 3.78. The molecule has 0 aliphatic carbocycles. The van der Waals surface area contributed by atoms with Crippen LogP contribution in [0.15, 0.2) is 30.6 Å². The lowest BCUT2D eigenvalue weighted by atomic mass is 9.84. The minimum Gasteiger partial charge on any atom is -0.412 e. The van der Waals surface area contributed by atoms with Crippen molar-refractivity contribution in [1.82, 2.24) is 20.3 Å². The van der Waals surface area contributed by atoms with E-state index in [2.05, 4.69) is 27.2 Å². The summed E-state index contributed by atoms with van der Waals surface area (Å²) in [5.41, 5.74) is 3.59. The van der Waals surface area contributed by atoms with Crippen LogP contribution in [0.3, 0.4) is 0 Å². The zero-order valence-electron chi connectivity index (χ0n) is 15.1. The lowest BCUT2D eigenvalue weighted by Crippen LogP contribution is -2.38. The predicted molar refractivity (Wildman–Crippen MR) is 102 cm³/mol. The maximum atomic E-state index is 13.6. The lowest BCUT2D eigenvalue weighted by Gasteiger charge is -2.34. The molecule has 3 aliphatic rings. The Morgan fingerprint density at radius 3 is 2.44 bits per heavy atom. The molecule has 1 fully saturated rings. The molecule has 0 spiro atoms. The molecule has 4 rings (SSSR count). The topological polar surface area (TPSA) is 85.1 Å². The number of piperidine rings is 1. The van der Waals surface area contributed by atoms with Gasteiger partial charge < -0.3 is 15.8 Å². The van der Waals surface area contributed by atoms with Crippen molar-refractivity contribution in [2.45, 2.75) is 44.7 Å². The van der Waals surface area contributed by atoms with Crippen LogP contribution >= 0.6 is 12.4 Å². The molecule has 8 heteroatoms. The molecule has 146 valence electrons. The van der Waals surface area contributed by atoms with Gasteiger partial charge in [0.15, 0.2) is 0 Å². The highest BCUT2D eigenvalue weighted by Crippen LogP contribution is 2.36. The summed E-state index contributed by atoms with van der Waals surface area (Å²) in [6.45, 7) is 4.10. The fraction of sp³-hybridized carbons (Fsp3) is 0.368. The maximum Gasteiger partial charge on any atom is 0.126 e. The second kappa shape index (κ2) is 8.29. The molecule has 1 saturated heterocycles. The third-order valence-electron chi connectivity index (χ3n) is 4.94. The minimum atomic E-state index is -0.545. The second-order valence-electron chi connectivity index (χ2n) is 6.96. The summed E-state index contributed by atoms with van der Waals surface area (Å²) < 4.78 is 27.2. The number of fused-ring (bicyclic) bond motifs is 1. The summed E-state index contributed by atoms with van der Waals surface area (Å²) in [4.78, 5) is 12.3. The average Bonchev–Trinajstić information content (AvgIpc) is 2.94. The van der Waals surface area contributed by atoms with Gasteiger partial charge in [0.05, 0.1) is 11.9 Å². The van der Waals surface area contributed by atoms with Crippen molar-refractivity contribution >= 4 is 12.4 Å². The van der Waals surface area contributed by atoms with Crippen molar-refractivity contribution in [3.05, 3.63) is 59.2 Å². The second-order valence-corrected chi connectivity index (χ2v) is 6.96. The van der Waals surface area contributed by atoms with E-state index in [0.29, 0.717) is 5.56 Å². The summed E-state index contributed by atoms with van der Waals surface area (Å²) >= 11 is 0. The number of benzene rings is 1. The molecule has 1 aromatic rings. The summed E-state index contributed by atoms with van der Waals surface area (Å²) in [6.07, 6.45) is 5.26. The van der Waals surface area contributed by atoms with Crippen LogP contribution in [0.25, 0.3) is 11.4 Å². The number of aromatic nitrogens is 3. The first kappa shape index (κ1) is 21.2. The molecular weight excluding hydrogens is 374 g/mol. The Hall–Kier alpha value is -2.09. The Labute approximate surface area is 162 Å². The quantitative estimate of drug-likeness (QED) is 0.692. The van der Waals surface area contributed by atoms with Gasteiger partial charge in [0.1, 0.15) is 23.2 Å². The molecule has 4 N–H and O–H groups in total. The lowest BCUT2D eigenvalue weighted by molar-refractivity contribution is 0.298. The van der Waals surface area contributed by atoms with Crippen LogP contribution in [0.2, 0.25) is 0 Å². The van der Waals surface area contributed by atoms with Crippen LogP contribution in [0.1, 0.15) is 48.7 Å². The number of aryl methyl sites for hydroxylation is 1. The smallest absolute Gasteiger partial charge is 0.126 e. The zero-order valence-corrected chi connectivity index (χ0v) is 15.9. The highest BCUT2D eigenvalue weighted by molar-refractivity contribution is 5.85. The molecule has 3 heterocycles. The number of halogens is 3. The molecule has 0 radical (unpaired) electrons. The monoisotopic (exact) mass is 396 g/mol. The van der Waals surface area contributed by atoms with Gasteiger partial charge in [-0.3, -0.25) is 4.98 Å². The molecule has 1 aromatic carbocycles. The summed E-state index contributed by atoms with van der Waals surface area (Å²) in [5.74, 6) is -0.00237. The standard InChI is InChI=1S/C19H20F2N4.ClH.H2O/c1-10-8-22-17-9-23-19(25-18(10)17)13-3-11(2)24-16(6-13)12-4-14(20)7-15(21)5-12;;/h4-5,7-9,11,13,16,24H,3,6H2,1-2H3,(H,23,25);1H;1H2. The molecule has 0 saturated carbocycles. The van der Waals surface area contributed by atoms with Crippen LogP contribution in [0.4, 0.5) is 8.78 Å². The van der Waals surface area contributed by atoms with Crippen LogP contribution in [0.5, 0.6) is 0 Å². The Morgan fingerprint density at radius 2 is 1.74 bits per heavy atom. The molecule has 3 aliphatic heterocycles. The average molecular weight is 397 g/mol. The normalized spacial score (nSPS) is 22.1. The van der Waals surface area contributed by atoms with E-state index in [1.54, 1.807) is 6.20 Å². The number of hydrogen-bond acceptors (Lipinski definition) is 3. The van der Waals surface area contributed by atoms with Crippen LogP contribution in [-0.4, -0.2) is 26.5 Å². The highest BCUT2D eigenvalue weighted by Gasteiger charge is 2.30. The van der Waals surface area contributed by atoms with E-state index in [9.17, 15) is 8.78 Å². The molecule has 3 atom stereocenters. The van der Waals surface area contributed by atoms with E-state index < -0.39 is 11.6 Å². The number of nitrogens with one attached hydrogen (secondary N) is 2. The summed E-state index contributed by atoms with van der Waals surface area (Å²) in [7, 11) is 0. The van der Waals surface area contributed by atoms with E-state index >= 15 is 0 Å². The van der Waals surface area contributed by atoms with Crippen LogP contribution in [0, 0.1) is 18.6 Å². The first-order chi connectivity index (χ1) is 12.0. The molecule has 27 heavy (non-hydrogen) atoms. The fourth-order valence-electron chi connectivity index (χ4n) is 3.78. The Kier molecular flexibility index (Phi) is 6.51. The third-order valence-corrected chi connectivity index (χ3v) is 4.94. The maximum absolute atomic E-state index is 13.6. The van der Waals surface area contributed by atoms with Gasteiger partial charge >= 0.3 is 0 Å². The van der Waals surface area contributed by atoms with Gasteiger partial charge in [-0.2, -0.15) is 0 Å². The highest BCUT2D eigenvalue weighted by atomic mass is 35.5. The summed E-state index contributed by atoms with van der Waals surface area (Å²) in [6, 6.07) is 3.83. The zero-order chi connectivity index (χ0) is 17.6. The third kappa shape index (κ3) is 4.26. The Morgan fingerprint density at radius 1 is 1.04 bits per heavy atom. The van der Waals surface area contributed by atoms with E-state index in [1.807, 2.05) is 13.1 Å². The van der Waals surface area contributed by atoms with E-state index in [4.69, 9.17) is 0 Å². The number of hydrogen-bond donors (Lipinski definition) is 2. The van der Waals surface area contributed by atoms with Crippen LogP contribution < -0.4 is 5.32 Å². The number of rotatable bonds is 2. The van der Waals surface area contributed by atoms with Gasteiger partial charge in [0.2, 0.25) is 0 Å². The van der Waals surface area contributed by atoms with E-state index in [0.717, 1.165) is 41.7 Å². The van der Waals surface area contributed by atoms with Gasteiger partial charge in [-0.15, -0.1) is 12.4 Å². The van der Waals surface area contributed by atoms with Crippen molar-refractivity contribution in [3.8, 4) is 11.4 Å². The molecule has 3 unspecified atom stereocenters. The largest absolute Gasteiger partial charge is 0.412 e. The molecule has 0 aromatic heterocycles. The van der Waals surface area contributed by atoms with Crippen molar-refractivity contribution < 1.29 is 14.3 Å². The van der Waals surface area contributed by atoms with E-state index in [-0.39, 0.29) is 35.9 Å². The Bertz CT molecular complexity index is 868. The van der Waals surface area contributed by atoms with Crippen LogP contribution in [-0.2, 0) is 0 Å². The molecule has 0 bridgehead atoms. The Balaban J connectivity index is 0.00000131. The SMILES string of the molecule is Cc1cnc2cnc(C3CC(C)NC(c4cc(F)cc(F)c4)C3)[nH]c1-2.Cl.O. The van der Waals surface area contributed by atoms with Gasteiger partial charge in [0.25, 0.3) is 0 Å². The van der Waals surface area contributed by atoms with Crippen molar-refractivity contribution in [2.24, 2.45) is 0 Å². The molecular formula is C19H23ClF2N4O. The molecule has 0 amide bonds. The van der Waals surface area contributed by atoms with E-state index in [1.165, 1.54) is 12.1 Å². The predicted octanol–water partition coefficient (Wildman–Crippen LogP) is 3.69. The van der Waals surface area contributed by atoms with Crippen molar-refractivity contribution in [3.63, 3.8) is 0 Å². The van der Waals surface area contributed by atoms with Crippen molar-refractivity contribution in [1.29, 1.82) is 0 Å². The van der Waals surface area contributed by atoms with Gasteiger partial charge in [-0.05, 0) is 49.9 Å². The minimum absolute atomic E-state index is 0. The first-order valence-corrected chi connectivity index (χ1v) is 8.52. The van der Waals surface area contributed by atoms with Gasteiger partial charge in [-0.25, -0.2) is 13.8 Å². The number of aromatic amines is 1. The number of H-pyrrole nitrogens is 1. The number of nitrogens with zero attached hydrogens (tertiary/aromatic N) is 2. The van der Waals surface area contributed by atoms with Crippen molar-refractivity contribution in [2.75, 3.05) is 0 Å². The first-order valence-electron chi connectivity index (χ1n) is 8.52. The van der Waals surface area contributed by atoms with Gasteiger partial charge in [0, 0.05) is 30.3 Å². The molecule has 5 nitrogen and oxygen atoms in total. The van der Waals surface area contributed by atoms with Gasteiger partial charge in [-0.1, -0.05) is 0 Å².